The lowest BCUT2D eigenvalue weighted by Gasteiger charge is -2.17. The van der Waals surface area contributed by atoms with Gasteiger partial charge in [0.15, 0.2) is 0 Å². The molecule has 0 atom stereocenters. The van der Waals surface area contributed by atoms with Crippen LogP contribution < -0.4 is 4.74 Å². The molecular formula is C14H10F4O. The summed E-state index contributed by atoms with van der Waals surface area (Å²) in [7, 11) is 0. The summed E-state index contributed by atoms with van der Waals surface area (Å²) in [6.07, 6.45) is -8.36. The van der Waals surface area contributed by atoms with E-state index in [9.17, 15) is 17.6 Å². The first kappa shape index (κ1) is 13.4. The normalized spacial score (nSPS) is 11.6. The van der Waals surface area contributed by atoms with Crippen LogP contribution in [0.15, 0.2) is 54.6 Å². The minimum Gasteiger partial charge on any atom is -0.428 e. The van der Waals surface area contributed by atoms with Crippen molar-refractivity contribution in [3.8, 4) is 16.9 Å². The fourth-order valence-electron chi connectivity index (χ4n) is 1.57. The summed E-state index contributed by atoms with van der Waals surface area (Å²) in [6, 6.07) is 14.6. The van der Waals surface area contributed by atoms with Gasteiger partial charge in [0, 0.05) is 0 Å². The number of alkyl halides is 4. The van der Waals surface area contributed by atoms with Gasteiger partial charge in [-0.15, -0.1) is 0 Å². The minimum absolute atomic E-state index is 0.299. The minimum atomic E-state index is -4.49. The predicted molar refractivity (Wildman–Crippen MR) is 63.5 cm³/mol. The van der Waals surface area contributed by atoms with Gasteiger partial charge in [-0.05, 0) is 23.3 Å². The van der Waals surface area contributed by atoms with Crippen molar-refractivity contribution in [3.05, 3.63) is 54.6 Å². The third-order valence-corrected chi connectivity index (χ3v) is 2.45. The second-order valence-corrected chi connectivity index (χ2v) is 3.86. The van der Waals surface area contributed by atoms with Gasteiger partial charge in [0.25, 0.3) is 0 Å². The lowest BCUT2D eigenvalue weighted by Crippen LogP contribution is -2.33. The first-order valence-electron chi connectivity index (χ1n) is 5.49. The van der Waals surface area contributed by atoms with Gasteiger partial charge in [-0.25, -0.2) is 0 Å². The van der Waals surface area contributed by atoms with E-state index in [1.54, 1.807) is 30.3 Å². The fraction of sp³-hybridized carbons (Fsp3) is 0.143. The highest BCUT2D eigenvalue weighted by atomic mass is 19.3. The molecule has 0 amide bonds. The smallest absolute Gasteiger partial charge is 0.428 e. The van der Waals surface area contributed by atoms with Gasteiger partial charge >= 0.3 is 12.5 Å². The molecule has 0 aliphatic rings. The molecule has 2 aromatic rings. The Kier molecular flexibility index (Phi) is 3.74. The highest BCUT2D eigenvalue weighted by Gasteiger charge is 2.43. The molecular weight excluding hydrogens is 260 g/mol. The molecule has 0 unspecified atom stereocenters. The van der Waals surface area contributed by atoms with Crippen LogP contribution >= 0.6 is 0 Å². The van der Waals surface area contributed by atoms with E-state index in [1.165, 1.54) is 18.2 Å². The molecule has 0 saturated heterocycles. The first-order valence-corrected chi connectivity index (χ1v) is 5.49. The summed E-state index contributed by atoms with van der Waals surface area (Å²) in [5, 5.41) is 0. The average Bonchev–Trinajstić information content (AvgIpc) is 2.39. The number of hydrogen-bond acceptors (Lipinski definition) is 1. The SMILES string of the molecule is FC(F)C(F)(F)Oc1cccc(-c2ccccc2)c1. The Morgan fingerprint density at radius 2 is 1.47 bits per heavy atom. The zero-order valence-electron chi connectivity index (χ0n) is 9.69. The quantitative estimate of drug-likeness (QED) is 0.738. The van der Waals surface area contributed by atoms with E-state index >= 15 is 0 Å². The Morgan fingerprint density at radius 1 is 0.842 bits per heavy atom. The van der Waals surface area contributed by atoms with Crippen LogP contribution in [0.1, 0.15) is 0 Å². The van der Waals surface area contributed by atoms with Crippen molar-refractivity contribution in [1.82, 2.24) is 0 Å². The van der Waals surface area contributed by atoms with Gasteiger partial charge < -0.3 is 4.74 Å². The summed E-state index contributed by atoms with van der Waals surface area (Å²) < 4.78 is 53.7. The van der Waals surface area contributed by atoms with E-state index in [4.69, 9.17) is 0 Å². The second kappa shape index (κ2) is 5.30. The molecule has 100 valence electrons. The fourth-order valence-corrected chi connectivity index (χ4v) is 1.57. The molecule has 0 aliphatic heterocycles. The Morgan fingerprint density at radius 3 is 2.11 bits per heavy atom. The first-order chi connectivity index (χ1) is 8.99. The molecule has 19 heavy (non-hydrogen) atoms. The van der Waals surface area contributed by atoms with Crippen LogP contribution in [0.2, 0.25) is 0 Å². The van der Waals surface area contributed by atoms with Crippen LogP contribution in [0, 0.1) is 0 Å². The van der Waals surface area contributed by atoms with Gasteiger partial charge in [-0.2, -0.15) is 17.6 Å². The third kappa shape index (κ3) is 3.24. The van der Waals surface area contributed by atoms with Crippen LogP contribution in [0.5, 0.6) is 5.75 Å². The predicted octanol–water partition coefficient (Wildman–Crippen LogP) is 4.59. The number of hydrogen-bond donors (Lipinski definition) is 0. The summed E-state index contributed by atoms with van der Waals surface area (Å²) in [5.41, 5.74) is 1.40. The van der Waals surface area contributed by atoms with Gasteiger partial charge in [-0.1, -0.05) is 42.5 Å². The summed E-state index contributed by atoms with van der Waals surface area (Å²) in [5.74, 6) is -0.299. The zero-order chi connectivity index (χ0) is 13.9. The number of benzene rings is 2. The molecule has 0 N–H and O–H groups in total. The number of rotatable bonds is 4. The number of halogens is 4. The van der Waals surface area contributed by atoms with Crippen molar-refractivity contribution >= 4 is 0 Å². The lowest BCUT2D eigenvalue weighted by molar-refractivity contribution is -0.253. The molecule has 1 nitrogen and oxygen atoms in total. The Bertz CT molecular complexity index is 540. The Balaban J connectivity index is 2.26. The molecule has 0 heterocycles. The summed E-state index contributed by atoms with van der Waals surface area (Å²) in [6.45, 7) is 0. The van der Waals surface area contributed by atoms with Crippen molar-refractivity contribution < 1.29 is 22.3 Å². The van der Waals surface area contributed by atoms with Gasteiger partial charge in [0.1, 0.15) is 5.75 Å². The summed E-state index contributed by atoms with van der Waals surface area (Å²) in [4.78, 5) is 0. The molecule has 0 fully saturated rings. The van der Waals surface area contributed by atoms with Crippen LogP contribution in [-0.4, -0.2) is 12.5 Å². The van der Waals surface area contributed by atoms with Gasteiger partial charge in [0.05, 0.1) is 0 Å². The molecule has 0 bridgehead atoms. The average molecular weight is 270 g/mol. The zero-order valence-corrected chi connectivity index (χ0v) is 9.69. The molecule has 0 spiro atoms. The molecule has 0 aromatic heterocycles. The van der Waals surface area contributed by atoms with Crippen molar-refractivity contribution in [3.63, 3.8) is 0 Å². The van der Waals surface area contributed by atoms with Crippen molar-refractivity contribution in [2.75, 3.05) is 0 Å². The van der Waals surface area contributed by atoms with Crippen LogP contribution in [0.4, 0.5) is 17.6 Å². The second-order valence-electron chi connectivity index (χ2n) is 3.86. The summed E-state index contributed by atoms with van der Waals surface area (Å²) >= 11 is 0. The van der Waals surface area contributed by atoms with Gasteiger partial charge in [0.2, 0.25) is 0 Å². The van der Waals surface area contributed by atoms with E-state index in [0.29, 0.717) is 5.56 Å². The van der Waals surface area contributed by atoms with Crippen molar-refractivity contribution in [1.29, 1.82) is 0 Å². The Hall–Kier alpha value is -2.04. The van der Waals surface area contributed by atoms with Crippen LogP contribution in [0.25, 0.3) is 11.1 Å². The van der Waals surface area contributed by atoms with E-state index in [-0.39, 0.29) is 5.75 Å². The van der Waals surface area contributed by atoms with E-state index in [0.717, 1.165) is 5.56 Å². The molecule has 0 radical (unpaired) electrons. The van der Waals surface area contributed by atoms with E-state index < -0.39 is 12.5 Å². The molecule has 5 heteroatoms. The van der Waals surface area contributed by atoms with E-state index in [2.05, 4.69) is 4.74 Å². The highest BCUT2D eigenvalue weighted by Crippen LogP contribution is 2.30. The van der Waals surface area contributed by atoms with Gasteiger partial charge in [-0.3, -0.25) is 0 Å². The maximum atomic E-state index is 12.8. The monoisotopic (exact) mass is 270 g/mol. The standard InChI is InChI=1S/C14H10F4O/c15-13(16)14(17,18)19-12-8-4-7-11(9-12)10-5-2-1-3-6-10/h1-9,13H. The third-order valence-electron chi connectivity index (χ3n) is 2.45. The van der Waals surface area contributed by atoms with Crippen molar-refractivity contribution in [2.45, 2.75) is 12.5 Å². The lowest BCUT2D eigenvalue weighted by atomic mass is 10.1. The molecule has 0 aliphatic carbocycles. The maximum Gasteiger partial charge on any atom is 0.461 e. The largest absolute Gasteiger partial charge is 0.461 e. The van der Waals surface area contributed by atoms with Crippen LogP contribution in [0.3, 0.4) is 0 Å². The maximum absolute atomic E-state index is 12.8. The Labute approximate surface area is 107 Å². The molecule has 2 aromatic carbocycles. The van der Waals surface area contributed by atoms with Crippen molar-refractivity contribution in [2.24, 2.45) is 0 Å². The van der Waals surface area contributed by atoms with E-state index in [1.807, 2.05) is 6.07 Å². The molecule has 2 rings (SSSR count). The highest BCUT2D eigenvalue weighted by molar-refractivity contribution is 5.64. The van der Waals surface area contributed by atoms with Crippen LogP contribution in [-0.2, 0) is 0 Å². The number of ether oxygens (including phenoxy) is 1. The topological polar surface area (TPSA) is 9.23 Å². The molecule has 0 saturated carbocycles.